The molecule has 1 heterocycles. The van der Waals surface area contributed by atoms with Gasteiger partial charge in [-0.25, -0.2) is 0 Å². The van der Waals surface area contributed by atoms with Gasteiger partial charge in [0.25, 0.3) is 0 Å². The van der Waals surface area contributed by atoms with Gasteiger partial charge in [-0.2, -0.15) is 17.8 Å². The number of halogens is 2. The first-order valence-corrected chi connectivity index (χ1v) is 1.91. The molecule has 0 aromatic carbocycles. The van der Waals surface area contributed by atoms with Gasteiger partial charge in [0, 0.05) is 0 Å². The predicted octanol–water partition coefficient (Wildman–Crippen LogP) is -4.87. The van der Waals surface area contributed by atoms with Crippen LogP contribution in [0.3, 0.4) is 0 Å². The summed E-state index contributed by atoms with van der Waals surface area (Å²) < 4.78 is 0. The van der Waals surface area contributed by atoms with Gasteiger partial charge in [0.2, 0.25) is 0 Å². The van der Waals surface area contributed by atoms with Crippen LogP contribution in [0.25, 0.3) is 0 Å². The summed E-state index contributed by atoms with van der Waals surface area (Å²) in [7, 11) is 0. The Balaban J connectivity index is -0.000000120. The Morgan fingerprint density at radius 3 is 2.11 bits per heavy atom. The van der Waals surface area contributed by atoms with Crippen molar-refractivity contribution in [2.75, 3.05) is 0 Å². The third kappa shape index (κ3) is 5.64. The van der Waals surface area contributed by atoms with E-state index in [9.17, 15) is 0 Å². The second-order valence-electron chi connectivity index (χ2n) is 1.29. The first-order chi connectivity index (χ1) is 2.89. The van der Waals surface area contributed by atoms with Crippen LogP contribution in [0.2, 0.25) is 0 Å². The molecule has 0 spiro atoms. The minimum Gasteiger partial charge on any atom is -1.00 e. The number of rotatable bonds is 0. The molecule has 0 saturated heterocycles. The summed E-state index contributed by atoms with van der Waals surface area (Å²) in [6.07, 6.45) is 4.73. The van der Waals surface area contributed by atoms with Gasteiger partial charge in [0.1, 0.15) is 0 Å². The van der Waals surface area contributed by atoms with E-state index in [0.29, 0.717) is 0 Å². The number of aromatic nitrogens is 1. The molecule has 0 aliphatic carbocycles. The molecule has 1 aromatic heterocycles. The molecule has 1 N–H and O–H groups in total. The van der Waals surface area contributed by atoms with E-state index in [1.165, 1.54) is 0 Å². The molecule has 1 aromatic rings. The van der Waals surface area contributed by atoms with Crippen molar-refractivity contribution in [2.24, 2.45) is 0 Å². The average Bonchev–Trinajstić information content (AvgIpc) is 1.86. The maximum Gasteiger partial charge on any atom is 3.00 e. The smallest absolute Gasteiger partial charge is 1.00 e. The van der Waals surface area contributed by atoms with E-state index < -0.39 is 0 Å². The van der Waals surface area contributed by atoms with E-state index in [4.69, 9.17) is 0 Å². The second kappa shape index (κ2) is 7.76. The molecule has 4 heteroatoms. The van der Waals surface area contributed by atoms with Crippen LogP contribution in [0.1, 0.15) is 5.56 Å². The molecule has 1 rings (SSSR count). The summed E-state index contributed by atoms with van der Waals surface area (Å²) >= 11 is 0. The fourth-order valence-corrected chi connectivity index (χ4v) is 0.364. The predicted molar refractivity (Wildman–Crippen MR) is 24.4 cm³/mol. The van der Waals surface area contributed by atoms with Gasteiger partial charge >= 0.3 is 19.5 Å². The fraction of sp³-hybridized carbons (Fsp3) is 0.200. The molecule has 0 aliphatic heterocycles. The topological polar surface area (TPSA) is 15.8 Å². The third-order valence-corrected chi connectivity index (χ3v) is 0.686. The fourth-order valence-electron chi connectivity index (χ4n) is 0.364. The van der Waals surface area contributed by atoms with E-state index in [1.807, 2.05) is 19.2 Å². The van der Waals surface area contributed by atoms with E-state index in [1.54, 1.807) is 0 Å². The minimum atomic E-state index is 0. The Hall–Kier alpha value is -0.237. The Bertz CT molecular complexity index is 119. The molecule has 0 saturated carbocycles. The Kier molecular flexibility index (Phi) is 13.7. The van der Waals surface area contributed by atoms with Gasteiger partial charge in [0.05, 0.1) is 0 Å². The second-order valence-corrected chi connectivity index (χ2v) is 1.29. The zero-order valence-electron chi connectivity index (χ0n) is 4.76. The van der Waals surface area contributed by atoms with Gasteiger partial charge < -0.3 is 14.4 Å². The van der Waals surface area contributed by atoms with E-state index in [0.717, 1.165) is 5.56 Å². The minimum absolute atomic E-state index is 0. The van der Waals surface area contributed by atoms with Gasteiger partial charge in [-0.15, -0.1) is 6.20 Å². The van der Waals surface area contributed by atoms with Crippen molar-refractivity contribution in [1.29, 1.82) is 0 Å². The van der Waals surface area contributed by atoms with Crippen LogP contribution in [0.15, 0.2) is 12.3 Å². The molecule has 0 atom stereocenters. The van der Waals surface area contributed by atoms with Crippen molar-refractivity contribution in [2.45, 2.75) is 6.92 Å². The summed E-state index contributed by atoms with van der Waals surface area (Å²) in [5.41, 5.74) is 1.16. The summed E-state index contributed by atoms with van der Waals surface area (Å²) in [5.74, 6) is 0. The molecule has 53 valence electrons. The van der Waals surface area contributed by atoms with Crippen molar-refractivity contribution in [1.82, 2.24) is 4.98 Å². The summed E-state index contributed by atoms with van der Waals surface area (Å²) in [5, 5.41) is 0. The first kappa shape index (κ1) is 15.9. The normalized spacial score (nSPS) is 5.89. The zero-order chi connectivity index (χ0) is 4.41. The number of nitrogens with one attached hydrogen (secondary N) is 1. The number of aryl methyl sites for hydroxylation is 1. The van der Waals surface area contributed by atoms with Gasteiger partial charge in [-0.05, 0) is 0 Å². The summed E-state index contributed by atoms with van der Waals surface area (Å²) in [6.45, 7) is 2.00. The van der Waals surface area contributed by atoms with E-state index in [2.05, 4.69) is 11.2 Å². The number of H-pyrrole nitrogens is 1. The molecule has 0 aliphatic rings. The van der Waals surface area contributed by atoms with Crippen LogP contribution in [0.5, 0.6) is 0 Å². The number of aromatic amines is 1. The molecular formula is C5H6F2NRu. The summed E-state index contributed by atoms with van der Waals surface area (Å²) in [6, 6.07) is 1.97. The average molecular weight is 219 g/mol. The molecular weight excluding hydrogens is 213 g/mol. The number of hydrogen-bond acceptors (Lipinski definition) is 0. The monoisotopic (exact) mass is 220 g/mol. The maximum atomic E-state index is 2.88. The Morgan fingerprint density at radius 2 is 2.00 bits per heavy atom. The van der Waals surface area contributed by atoms with Crippen molar-refractivity contribution >= 4 is 0 Å². The van der Waals surface area contributed by atoms with Crippen LogP contribution in [-0.2, 0) is 19.5 Å². The van der Waals surface area contributed by atoms with Crippen molar-refractivity contribution in [3.05, 3.63) is 24.0 Å². The Labute approximate surface area is 65.3 Å². The Morgan fingerprint density at radius 1 is 1.44 bits per heavy atom. The summed E-state index contributed by atoms with van der Waals surface area (Å²) in [4.78, 5) is 2.80. The molecule has 0 unspecified atom stereocenters. The van der Waals surface area contributed by atoms with Crippen molar-refractivity contribution < 1.29 is 28.9 Å². The number of hydrogen-bond donors (Lipinski definition) is 1. The van der Waals surface area contributed by atoms with Gasteiger partial charge in [-0.1, -0.05) is 6.92 Å². The van der Waals surface area contributed by atoms with Crippen LogP contribution in [0.4, 0.5) is 0 Å². The molecule has 0 bridgehead atoms. The zero-order valence-corrected chi connectivity index (χ0v) is 6.50. The SMILES string of the molecule is Cc1[c-][nH]cc1.[F-].[F-].[Ru+3]. The maximum absolute atomic E-state index is 2.88. The largest absolute Gasteiger partial charge is 3.00 e. The van der Waals surface area contributed by atoms with E-state index >= 15 is 0 Å². The van der Waals surface area contributed by atoms with E-state index in [-0.39, 0.29) is 28.9 Å². The van der Waals surface area contributed by atoms with Gasteiger partial charge in [-0.3, -0.25) is 0 Å². The van der Waals surface area contributed by atoms with Crippen LogP contribution < -0.4 is 9.41 Å². The third-order valence-electron chi connectivity index (χ3n) is 0.686. The standard InChI is InChI=1S/C5H6N.2FH.Ru/c1-5-2-3-6-4-5;;;/h2-3,6H,1H3;2*1H;/q-1;;;+3/p-2. The van der Waals surface area contributed by atoms with Crippen LogP contribution in [0, 0.1) is 13.1 Å². The molecule has 1 radical (unpaired) electrons. The van der Waals surface area contributed by atoms with Crippen molar-refractivity contribution in [3.63, 3.8) is 0 Å². The van der Waals surface area contributed by atoms with Crippen LogP contribution in [-0.4, -0.2) is 4.98 Å². The van der Waals surface area contributed by atoms with Gasteiger partial charge in [0.15, 0.2) is 0 Å². The molecule has 0 amide bonds. The van der Waals surface area contributed by atoms with Crippen molar-refractivity contribution in [3.8, 4) is 0 Å². The first-order valence-electron chi connectivity index (χ1n) is 1.91. The quantitative estimate of drug-likeness (QED) is 0.333. The molecule has 0 fully saturated rings. The van der Waals surface area contributed by atoms with Crippen LogP contribution >= 0.6 is 0 Å². The molecule has 1 nitrogen and oxygen atoms in total. The molecule has 9 heavy (non-hydrogen) atoms.